The van der Waals surface area contributed by atoms with Gasteiger partial charge in [-0.15, -0.1) is 0 Å². The van der Waals surface area contributed by atoms with Crippen molar-refractivity contribution in [3.63, 3.8) is 0 Å². The predicted molar refractivity (Wildman–Crippen MR) is 120 cm³/mol. The van der Waals surface area contributed by atoms with E-state index in [9.17, 15) is 4.79 Å². The summed E-state index contributed by atoms with van der Waals surface area (Å²) in [5.41, 5.74) is 6.49. The molecule has 0 saturated heterocycles. The van der Waals surface area contributed by atoms with Gasteiger partial charge in [-0.2, -0.15) is 5.10 Å². The molecule has 1 amide bonds. The molecule has 2 aromatic carbocycles. The van der Waals surface area contributed by atoms with Crippen LogP contribution in [0.5, 0.6) is 0 Å². The van der Waals surface area contributed by atoms with Crippen LogP contribution in [0.2, 0.25) is 0 Å². The second-order valence-corrected chi connectivity index (χ2v) is 6.99. The summed E-state index contributed by atoms with van der Waals surface area (Å²) in [6.07, 6.45) is 0. The van der Waals surface area contributed by atoms with Gasteiger partial charge in [0.05, 0.1) is 11.4 Å². The highest BCUT2D eigenvalue weighted by atomic mass is 16.4. The minimum absolute atomic E-state index is 0.0581. The van der Waals surface area contributed by atoms with E-state index in [2.05, 4.69) is 34.8 Å². The molecular formula is C23H26N4O5. The zero-order valence-corrected chi connectivity index (χ0v) is 18.1. The van der Waals surface area contributed by atoms with Gasteiger partial charge < -0.3 is 20.8 Å². The van der Waals surface area contributed by atoms with Crippen molar-refractivity contribution in [3.05, 3.63) is 77.1 Å². The molecule has 3 rings (SSSR count). The number of aryl methyl sites for hydroxylation is 1. The standard InChI is InChI=1S/C21H24N4O.C2H2O4/c1-15-21(16(2)25(24-15)20-7-5-4-6-8-20)14-22-13-18-9-11-19(12-10-18)23-17(3)26;3-1(4)2(5)6/h4-12,22H,13-14H2,1-3H3,(H,23,26);(H,3,4)(H,5,6). The lowest BCUT2D eigenvalue weighted by atomic mass is 10.1. The van der Waals surface area contributed by atoms with E-state index in [1.54, 1.807) is 0 Å². The van der Waals surface area contributed by atoms with Crippen LogP contribution >= 0.6 is 0 Å². The number of nitrogens with one attached hydrogen (secondary N) is 2. The van der Waals surface area contributed by atoms with Gasteiger partial charge in [-0.05, 0) is 43.7 Å². The Hall–Kier alpha value is -3.98. The first-order valence-electron chi connectivity index (χ1n) is 9.83. The van der Waals surface area contributed by atoms with E-state index < -0.39 is 11.9 Å². The number of nitrogens with zero attached hydrogens (tertiary/aromatic N) is 2. The van der Waals surface area contributed by atoms with Crippen molar-refractivity contribution in [1.82, 2.24) is 15.1 Å². The topological polar surface area (TPSA) is 134 Å². The first-order chi connectivity index (χ1) is 15.2. The number of rotatable bonds is 6. The fourth-order valence-electron chi connectivity index (χ4n) is 2.99. The zero-order valence-electron chi connectivity index (χ0n) is 18.1. The highest BCUT2D eigenvalue weighted by molar-refractivity contribution is 6.27. The summed E-state index contributed by atoms with van der Waals surface area (Å²) in [6, 6.07) is 18.1. The van der Waals surface area contributed by atoms with E-state index in [1.807, 2.05) is 54.1 Å². The number of aromatic nitrogens is 2. The van der Waals surface area contributed by atoms with Crippen LogP contribution in [-0.2, 0) is 27.5 Å². The van der Waals surface area contributed by atoms with Crippen LogP contribution in [-0.4, -0.2) is 37.8 Å². The Labute approximate surface area is 185 Å². The molecule has 0 unspecified atom stereocenters. The molecule has 9 nitrogen and oxygen atoms in total. The summed E-state index contributed by atoms with van der Waals surface area (Å²) in [5, 5.41) is 25.7. The molecule has 1 heterocycles. The SMILES string of the molecule is CC(=O)Nc1ccc(CNCc2c(C)nn(-c3ccccc3)c2C)cc1.O=C(O)C(=O)O. The number of aliphatic carboxylic acids is 2. The number of benzene rings is 2. The van der Waals surface area contributed by atoms with Gasteiger partial charge in [0.25, 0.3) is 0 Å². The van der Waals surface area contributed by atoms with Gasteiger partial charge in [0, 0.05) is 37.0 Å². The van der Waals surface area contributed by atoms with Crippen LogP contribution in [0.15, 0.2) is 54.6 Å². The number of carbonyl (C=O) groups is 3. The van der Waals surface area contributed by atoms with E-state index in [1.165, 1.54) is 18.1 Å². The Balaban J connectivity index is 0.000000534. The summed E-state index contributed by atoms with van der Waals surface area (Å²) in [6.45, 7) is 7.18. The molecule has 32 heavy (non-hydrogen) atoms. The Morgan fingerprint density at radius 3 is 2.03 bits per heavy atom. The Bertz CT molecular complexity index is 1060. The summed E-state index contributed by atoms with van der Waals surface area (Å²) < 4.78 is 1.99. The van der Waals surface area contributed by atoms with Gasteiger partial charge in [0.2, 0.25) is 5.91 Å². The van der Waals surface area contributed by atoms with Crippen LogP contribution in [0, 0.1) is 13.8 Å². The van der Waals surface area contributed by atoms with E-state index >= 15 is 0 Å². The predicted octanol–water partition coefficient (Wildman–Crippen LogP) is 2.89. The molecule has 0 bridgehead atoms. The number of carbonyl (C=O) groups excluding carboxylic acids is 1. The van der Waals surface area contributed by atoms with E-state index in [0.29, 0.717) is 0 Å². The monoisotopic (exact) mass is 438 g/mol. The maximum Gasteiger partial charge on any atom is 0.414 e. The fraction of sp³-hybridized carbons (Fsp3) is 0.217. The van der Waals surface area contributed by atoms with Gasteiger partial charge in [0.15, 0.2) is 0 Å². The number of amides is 1. The normalized spacial score (nSPS) is 10.1. The summed E-state index contributed by atoms with van der Waals surface area (Å²) in [7, 11) is 0. The van der Waals surface area contributed by atoms with Crippen molar-refractivity contribution >= 4 is 23.5 Å². The molecule has 0 fully saturated rings. The fourth-order valence-corrected chi connectivity index (χ4v) is 2.99. The zero-order chi connectivity index (χ0) is 23.7. The molecule has 0 radical (unpaired) electrons. The van der Waals surface area contributed by atoms with Gasteiger partial charge in [0.1, 0.15) is 0 Å². The number of anilines is 1. The molecule has 0 saturated carbocycles. The number of carboxylic acid groups (broad SMARTS) is 2. The summed E-state index contributed by atoms with van der Waals surface area (Å²) in [5.74, 6) is -3.71. The molecule has 0 spiro atoms. The van der Waals surface area contributed by atoms with Crippen molar-refractivity contribution in [3.8, 4) is 5.69 Å². The lowest BCUT2D eigenvalue weighted by Gasteiger charge is -2.08. The lowest BCUT2D eigenvalue weighted by Crippen LogP contribution is -2.14. The van der Waals surface area contributed by atoms with Gasteiger partial charge in [-0.25, -0.2) is 14.3 Å². The highest BCUT2D eigenvalue weighted by Gasteiger charge is 2.12. The molecule has 0 aliphatic carbocycles. The number of para-hydroxylation sites is 1. The minimum Gasteiger partial charge on any atom is -0.473 e. The third-order valence-corrected chi connectivity index (χ3v) is 4.53. The molecule has 4 N–H and O–H groups in total. The van der Waals surface area contributed by atoms with E-state index in [4.69, 9.17) is 19.8 Å². The molecule has 0 aliphatic heterocycles. The van der Waals surface area contributed by atoms with Gasteiger partial charge in [-0.1, -0.05) is 30.3 Å². The smallest absolute Gasteiger partial charge is 0.414 e. The van der Waals surface area contributed by atoms with E-state index in [0.717, 1.165) is 35.9 Å². The van der Waals surface area contributed by atoms with Crippen molar-refractivity contribution in [2.45, 2.75) is 33.9 Å². The van der Waals surface area contributed by atoms with Crippen molar-refractivity contribution in [2.75, 3.05) is 5.32 Å². The first-order valence-corrected chi connectivity index (χ1v) is 9.83. The molecule has 168 valence electrons. The van der Waals surface area contributed by atoms with Crippen LogP contribution in [0.4, 0.5) is 5.69 Å². The number of carboxylic acids is 2. The highest BCUT2D eigenvalue weighted by Crippen LogP contribution is 2.18. The van der Waals surface area contributed by atoms with E-state index in [-0.39, 0.29) is 5.91 Å². The Morgan fingerprint density at radius 1 is 0.906 bits per heavy atom. The molecule has 0 atom stereocenters. The third-order valence-electron chi connectivity index (χ3n) is 4.53. The van der Waals surface area contributed by atoms with Crippen molar-refractivity contribution in [2.24, 2.45) is 0 Å². The second kappa shape index (κ2) is 11.4. The minimum atomic E-state index is -1.82. The quantitative estimate of drug-likeness (QED) is 0.435. The van der Waals surface area contributed by atoms with Crippen LogP contribution in [0.25, 0.3) is 5.69 Å². The molecular weight excluding hydrogens is 412 g/mol. The Morgan fingerprint density at radius 2 is 1.50 bits per heavy atom. The molecule has 9 heteroatoms. The largest absolute Gasteiger partial charge is 0.473 e. The van der Waals surface area contributed by atoms with Gasteiger partial charge in [-0.3, -0.25) is 4.79 Å². The molecule has 0 aliphatic rings. The lowest BCUT2D eigenvalue weighted by molar-refractivity contribution is -0.159. The van der Waals surface area contributed by atoms with Crippen LogP contribution < -0.4 is 10.6 Å². The van der Waals surface area contributed by atoms with Crippen LogP contribution in [0.1, 0.15) is 29.4 Å². The van der Waals surface area contributed by atoms with Crippen LogP contribution in [0.3, 0.4) is 0 Å². The van der Waals surface area contributed by atoms with Gasteiger partial charge >= 0.3 is 11.9 Å². The maximum absolute atomic E-state index is 11.1. The summed E-state index contributed by atoms with van der Waals surface area (Å²) in [4.78, 5) is 29.3. The van der Waals surface area contributed by atoms with Crippen molar-refractivity contribution in [1.29, 1.82) is 0 Å². The average Bonchev–Trinajstić information content (AvgIpc) is 3.04. The van der Waals surface area contributed by atoms with Crippen molar-refractivity contribution < 1.29 is 24.6 Å². The number of hydrogen-bond donors (Lipinski definition) is 4. The third kappa shape index (κ3) is 7.06. The molecule has 1 aromatic heterocycles. The average molecular weight is 438 g/mol. The summed E-state index contributed by atoms with van der Waals surface area (Å²) >= 11 is 0. The Kier molecular flexibility index (Phi) is 8.67. The number of hydrogen-bond acceptors (Lipinski definition) is 5. The molecule has 3 aromatic rings. The second-order valence-electron chi connectivity index (χ2n) is 6.99. The first kappa shape index (κ1) is 24.3. The maximum atomic E-state index is 11.1.